The van der Waals surface area contributed by atoms with Crippen molar-refractivity contribution in [3.63, 3.8) is 0 Å². The van der Waals surface area contributed by atoms with E-state index in [1.54, 1.807) is 6.21 Å². The lowest BCUT2D eigenvalue weighted by Crippen LogP contribution is -2.19. The lowest BCUT2D eigenvalue weighted by atomic mass is 10.1. The van der Waals surface area contributed by atoms with Gasteiger partial charge in [0.2, 0.25) is 5.91 Å². The molecule has 0 aliphatic heterocycles. The van der Waals surface area contributed by atoms with E-state index in [4.69, 9.17) is 0 Å². The van der Waals surface area contributed by atoms with Crippen molar-refractivity contribution in [1.29, 1.82) is 0 Å². The fraction of sp³-hybridized carbons (Fsp3) is 0.111. The minimum atomic E-state index is -0.120. The summed E-state index contributed by atoms with van der Waals surface area (Å²) in [6.07, 6.45) is 3.99. The number of rotatable bonds is 5. The van der Waals surface area contributed by atoms with E-state index in [2.05, 4.69) is 10.5 Å². The van der Waals surface area contributed by atoms with Crippen molar-refractivity contribution < 1.29 is 4.79 Å². The van der Waals surface area contributed by atoms with Crippen LogP contribution in [0.5, 0.6) is 0 Å². The highest BCUT2D eigenvalue weighted by atomic mass is 16.2. The lowest BCUT2D eigenvalue weighted by molar-refractivity contribution is -0.120. The third-order valence-corrected chi connectivity index (χ3v) is 2.86. The molecule has 0 aliphatic rings. The van der Waals surface area contributed by atoms with Gasteiger partial charge in [0.25, 0.3) is 0 Å². The molecule has 0 radical (unpaired) electrons. The maximum Gasteiger partial charge on any atom is 0.244 e. The molecule has 0 spiro atoms. The number of hydrazone groups is 1. The Kier molecular flexibility index (Phi) is 5.47. The predicted octanol–water partition coefficient (Wildman–Crippen LogP) is 3.43. The number of nitrogens with zero attached hydrogens (tertiary/aromatic N) is 1. The molecule has 0 bridgehead atoms. The van der Waals surface area contributed by atoms with E-state index in [1.807, 2.05) is 73.7 Å². The Labute approximate surface area is 125 Å². The lowest BCUT2D eigenvalue weighted by Gasteiger charge is -2.00. The molecule has 0 heterocycles. The number of carbonyl (C=O) groups is 1. The molecular weight excluding hydrogens is 260 g/mol. The number of hydrogen-bond acceptors (Lipinski definition) is 2. The Morgan fingerprint density at radius 1 is 1.05 bits per heavy atom. The molecule has 2 aromatic carbocycles. The van der Waals surface area contributed by atoms with E-state index < -0.39 is 0 Å². The summed E-state index contributed by atoms with van der Waals surface area (Å²) in [6, 6.07) is 19.6. The van der Waals surface area contributed by atoms with Gasteiger partial charge in [-0.05, 0) is 23.6 Å². The summed E-state index contributed by atoms with van der Waals surface area (Å²) in [6.45, 7) is 1.94. The maximum absolute atomic E-state index is 11.7. The van der Waals surface area contributed by atoms with Crippen LogP contribution in [0.1, 0.15) is 18.1 Å². The largest absolute Gasteiger partial charge is 0.273 e. The SMILES string of the molecule is CC(C=NNC(=O)Cc1ccccc1)=Cc1ccccc1. The fourth-order valence-electron chi connectivity index (χ4n) is 1.88. The topological polar surface area (TPSA) is 41.5 Å². The highest BCUT2D eigenvalue weighted by Crippen LogP contribution is 2.04. The molecule has 0 atom stereocenters. The average molecular weight is 278 g/mol. The zero-order valence-electron chi connectivity index (χ0n) is 12.0. The first-order valence-corrected chi connectivity index (χ1v) is 6.83. The molecule has 2 rings (SSSR count). The van der Waals surface area contributed by atoms with Gasteiger partial charge < -0.3 is 0 Å². The van der Waals surface area contributed by atoms with Crippen LogP contribution >= 0.6 is 0 Å². The second-order valence-electron chi connectivity index (χ2n) is 4.75. The van der Waals surface area contributed by atoms with Gasteiger partial charge in [-0.2, -0.15) is 5.10 Å². The summed E-state index contributed by atoms with van der Waals surface area (Å²) >= 11 is 0. The van der Waals surface area contributed by atoms with E-state index in [0.29, 0.717) is 6.42 Å². The van der Waals surface area contributed by atoms with Crippen molar-refractivity contribution in [2.75, 3.05) is 0 Å². The van der Waals surface area contributed by atoms with Crippen LogP contribution in [-0.2, 0) is 11.2 Å². The quantitative estimate of drug-likeness (QED) is 0.660. The van der Waals surface area contributed by atoms with Crippen LogP contribution in [0.4, 0.5) is 0 Å². The van der Waals surface area contributed by atoms with Crippen molar-refractivity contribution in [2.24, 2.45) is 5.10 Å². The summed E-state index contributed by atoms with van der Waals surface area (Å²) in [5.74, 6) is -0.120. The molecule has 0 unspecified atom stereocenters. The molecule has 21 heavy (non-hydrogen) atoms. The monoisotopic (exact) mass is 278 g/mol. The third kappa shape index (κ3) is 5.45. The van der Waals surface area contributed by atoms with Crippen LogP contribution in [0.15, 0.2) is 71.3 Å². The van der Waals surface area contributed by atoms with Gasteiger partial charge in [-0.25, -0.2) is 5.43 Å². The molecule has 0 saturated carbocycles. The number of nitrogens with one attached hydrogen (secondary N) is 1. The number of amides is 1. The molecule has 1 N–H and O–H groups in total. The minimum Gasteiger partial charge on any atom is -0.273 e. The molecule has 106 valence electrons. The Morgan fingerprint density at radius 3 is 2.33 bits per heavy atom. The van der Waals surface area contributed by atoms with Gasteiger partial charge in [0.15, 0.2) is 0 Å². The number of hydrogen-bond donors (Lipinski definition) is 1. The number of carbonyl (C=O) groups excluding carboxylic acids is 1. The predicted molar refractivity (Wildman–Crippen MR) is 86.9 cm³/mol. The zero-order chi connectivity index (χ0) is 14.9. The molecule has 3 heteroatoms. The Bertz CT molecular complexity index is 631. The smallest absolute Gasteiger partial charge is 0.244 e. The highest BCUT2D eigenvalue weighted by molar-refractivity contribution is 5.86. The molecule has 3 nitrogen and oxygen atoms in total. The summed E-state index contributed by atoms with van der Waals surface area (Å²) in [7, 11) is 0. The Hall–Kier alpha value is -2.68. The fourth-order valence-corrected chi connectivity index (χ4v) is 1.88. The van der Waals surface area contributed by atoms with Gasteiger partial charge in [0.05, 0.1) is 12.6 Å². The molecule has 0 aromatic heterocycles. The molecule has 2 aromatic rings. The Balaban J connectivity index is 1.84. The summed E-state index contributed by atoms with van der Waals surface area (Å²) < 4.78 is 0. The van der Waals surface area contributed by atoms with E-state index in [9.17, 15) is 4.79 Å². The molecule has 0 fully saturated rings. The summed E-state index contributed by atoms with van der Waals surface area (Å²) in [5, 5.41) is 3.97. The third-order valence-electron chi connectivity index (χ3n) is 2.86. The van der Waals surface area contributed by atoms with Gasteiger partial charge >= 0.3 is 0 Å². The number of allylic oxidation sites excluding steroid dienone is 1. The van der Waals surface area contributed by atoms with Crippen molar-refractivity contribution in [3.05, 3.63) is 77.4 Å². The van der Waals surface area contributed by atoms with Crippen LogP contribution in [0.25, 0.3) is 6.08 Å². The maximum atomic E-state index is 11.7. The van der Waals surface area contributed by atoms with Crippen LogP contribution in [0.3, 0.4) is 0 Å². The van der Waals surface area contributed by atoms with Gasteiger partial charge in [-0.3, -0.25) is 4.79 Å². The van der Waals surface area contributed by atoms with Gasteiger partial charge in [-0.15, -0.1) is 0 Å². The van der Waals surface area contributed by atoms with Crippen LogP contribution in [0.2, 0.25) is 0 Å². The van der Waals surface area contributed by atoms with Crippen molar-refractivity contribution in [2.45, 2.75) is 13.3 Å². The normalized spacial score (nSPS) is 11.6. The van der Waals surface area contributed by atoms with Crippen LogP contribution in [-0.4, -0.2) is 12.1 Å². The first kappa shape index (κ1) is 14.7. The van der Waals surface area contributed by atoms with Crippen molar-refractivity contribution in [3.8, 4) is 0 Å². The summed E-state index contributed by atoms with van der Waals surface area (Å²) in [4.78, 5) is 11.7. The van der Waals surface area contributed by atoms with E-state index in [-0.39, 0.29) is 5.91 Å². The van der Waals surface area contributed by atoms with E-state index >= 15 is 0 Å². The standard InChI is InChI=1S/C18H18N2O/c1-15(12-16-8-4-2-5-9-16)14-19-20-18(21)13-17-10-6-3-7-11-17/h2-12,14H,13H2,1H3,(H,20,21). The van der Waals surface area contributed by atoms with Crippen molar-refractivity contribution in [1.82, 2.24) is 5.43 Å². The molecule has 0 saturated heterocycles. The first-order valence-electron chi connectivity index (χ1n) is 6.83. The highest BCUT2D eigenvalue weighted by Gasteiger charge is 2.00. The van der Waals surface area contributed by atoms with Gasteiger partial charge in [0.1, 0.15) is 0 Å². The van der Waals surface area contributed by atoms with Gasteiger partial charge in [-0.1, -0.05) is 66.7 Å². The molecule has 0 aliphatic carbocycles. The molecule has 1 amide bonds. The summed E-state index contributed by atoms with van der Waals surface area (Å²) in [5.41, 5.74) is 5.59. The van der Waals surface area contributed by atoms with E-state index in [0.717, 1.165) is 16.7 Å². The molecular formula is C18H18N2O. The number of benzene rings is 2. The van der Waals surface area contributed by atoms with Crippen LogP contribution < -0.4 is 5.43 Å². The van der Waals surface area contributed by atoms with Crippen molar-refractivity contribution >= 4 is 18.2 Å². The van der Waals surface area contributed by atoms with E-state index in [1.165, 1.54) is 0 Å². The second kappa shape index (κ2) is 7.80. The second-order valence-corrected chi connectivity index (χ2v) is 4.75. The Morgan fingerprint density at radius 2 is 1.67 bits per heavy atom. The van der Waals surface area contributed by atoms with Gasteiger partial charge in [0, 0.05) is 0 Å². The van der Waals surface area contributed by atoms with Crippen LogP contribution in [0, 0.1) is 0 Å². The first-order chi connectivity index (χ1) is 10.2. The average Bonchev–Trinajstić information content (AvgIpc) is 2.49. The minimum absolute atomic E-state index is 0.120. The zero-order valence-corrected chi connectivity index (χ0v) is 12.0.